The third-order valence-corrected chi connectivity index (χ3v) is 4.03. The van der Waals surface area contributed by atoms with Crippen LogP contribution in [0, 0.1) is 0 Å². The average molecular weight is 340 g/mol. The Labute approximate surface area is 140 Å². The lowest BCUT2D eigenvalue weighted by Gasteiger charge is -2.38. The molecule has 1 aromatic rings. The summed E-state index contributed by atoms with van der Waals surface area (Å²) in [4.78, 5) is 33.3. The van der Waals surface area contributed by atoms with E-state index in [-0.39, 0.29) is 24.7 Å². The van der Waals surface area contributed by atoms with Crippen molar-refractivity contribution in [3.05, 3.63) is 23.7 Å². The standard InChI is InChI=1S/C15H22N2O4.CH2O2/c1-10-4-3-5-11(2)17(10)9-14(18)16-8-12-6-7-13(21-12)15(19)20;2-1-3/h6-7,10-11H,3-5,8-9H2,1-2H3,(H,16,18)(H,19,20);1H,(H,2,3)/t10-,11+;. The highest BCUT2D eigenvalue weighted by Gasteiger charge is 2.26. The summed E-state index contributed by atoms with van der Waals surface area (Å²) in [6.45, 7) is 4.63. The van der Waals surface area contributed by atoms with Gasteiger partial charge in [-0.05, 0) is 38.8 Å². The van der Waals surface area contributed by atoms with Crippen LogP contribution in [-0.4, -0.2) is 52.1 Å². The fourth-order valence-electron chi connectivity index (χ4n) is 2.78. The number of nitrogens with zero attached hydrogens (tertiary/aromatic N) is 1. The van der Waals surface area contributed by atoms with E-state index in [1.807, 2.05) is 0 Å². The van der Waals surface area contributed by atoms with Crippen molar-refractivity contribution in [1.29, 1.82) is 0 Å². The maximum Gasteiger partial charge on any atom is 0.371 e. The Hall–Kier alpha value is -2.35. The van der Waals surface area contributed by atoms with Gasteiger partial charge in [0.25, 0.3) is 6.47 Å². The van der Waals surface area contributed by atoms with Crippen LogP contribution < -0.4 is 5.32 Å². The molecular formula is C16H24N2O6. The number of piperidine rings is 1. The Morgan fingerprint density at radius 1 is 1.33 bits per heavy atom. The van der Waals surface area contributed by atoms with Crippen LogP contribution >= 0.6 is 0 Å². The van der Waals surface area contributed by atoms with E-state index in [0.717, 1.165) is 12.8 Å². The minimum atomic E-state index is -1.11. The van der Waals surface area contributed by atoms with Gasteiger partial charge in [-0.3, -0.25) is 14.5 Å². The largest absolute Gasteiger partial charge is 0.483 e. The summed E-state index contributed by atoms with van der Waals surface area (Å²) >= 11 is 0. The number of carboxylic acids is 1. The molecule has 0 bridgehead atoms. The summed E-state index contributed by atoms with van der Waals surface area (Å²) in [5.41, 5.74) is 0. The van der Waals surface area contributed by atoms with Crippen LogP contribution in [-0.2, 0) is 16.1 Å². The number of carbonyl (C=O) groups is 3. The molecule has 0 saturated carbocycles. The van der Waals surface area contributed by atoms with Crippen LogP contribution in [0.5, 0.6) is 0 Å². The molecule has 8 heteroatoms. The topological polar surface area (TPSA) is 120 Å². The second-order valence-electron chi connectivity index (χ2n) is 5.75. The van der Waals surface area contributed by atoms with Gasteiger partial charge < -0.3 is 19.9 Å². The normalized spacial score (nSPS) is 20.6. The molecule has 0 aromatic carbocycles. The van der Waals surface area contributed by atoms with Gasteiger partial charge in [0.2, 0.25) is 11.7 Å². The van der Waals surface area contributed by atoms with E-state index < -0.39 is 5.97 Å². The van der Waals surface area contributed by atoms with Crippen molar-refractivity contribution in [2.24, 2.45) is 0 Å². The zero-order chi connectivity index (χ0) is 18.1. The predicted molar refractivity (Wildman–Crippen MR) is 85.7 cm³/mol. The van der Waals surface area contributed by atoms with Gasteiger partial charge in [-0.1, -0.05) is 6.42 Å². The molecule has 1 fully saturated rings. The maximum absolute atomic E-state index is 12.0. The number of hydrogen-bond donors (Lipinski definition) is 3. The minimum Gasteiger partial charge on any atom is -0.483 e. The summed E-state index contributed by atoms with van der Waals surface area (Å²) in [6.07, 6.45) is 3.46. The Kier molecular flexibility index (Phi) is 7.97. The highest BCUT2D eigenvalue weighted by molar-refractivity contribution is 5.84. The molecule has 8 nitrogen and oxygen atoms in total. The van der Waals surface area contributed by atoms with E-state index >= 15 is 0 Å². The Morgan fingerprint density at radius 3 is 2.42 bits per heavy atom. The Morgan fingerprint density at radius 2 is 1.92 bits per heavy atom. The van der Waals surface area contributed by atoms with Crippen molar-refractivity contribution in [2.75, 3.05) is 6.54 Å². The van der Waals surface area contributed by atoms with Crippen LogP contribution in [0.3, 0.4) is 0 Å². The molecule has 0 radical (unpaired) electrons. The molecule has 1 saturated heterocycles. The zero-order valence-corrected chi connectivity index (χ0v) is 13.9. The molecule has 0 spiro atoms. The number of likely N-dealkylation sites (tertiary alicyclic amines) is 1. The fraction of sp³-hybridized carbons (Fsp3) is 0.562. The molecule has 2 atom stereocenters. The third-order valence-electron chi connectivity index (χ3n) is 4.03. The van der Waals surface area contributed by atoms with Gasteiger partial charge in [0.05, 0.1) is 13.1 Å². The lowest BCUT2D eigenvalue weighted by molar-refractivity contribution is -0.124. The first-order chi connectivity index (χ1) is 11.4. The molecule has 24 heavy (non-hydrogen) atoms. The number of carbonyl (C=O) groups excluding carboxylic acids is 1. The average Bonchev–Trinajstić information content (AvgIpc) is 2.99. The van der Waals surface area contributed by atoms with E-state index in [2.05, 4.69) is 24.1 Å². The molecule has 134 valence electrons. The van der Waals surface area contributed by atoms with E-state index in [1.165, 1.54) is 12.5 Å². The van der Waals surface area contributed by atoms with Crippen molar-refractivity contribution in [3.63, 3.8) is 0 Å². The van der Waals surface area contributed by atoms with Gasteiger partial charge in [-0.2, -0.15) is 0 Å². The zero-order valence-electron chi connectivity index (χ0n) is 13.9. The minimum absolute atomic E-state index is 0.0659. The number of aromatic carboxylic acids is 1. The molecule has 3 N–H and O–H groups in total. The molecule has 1 aliphatic rings. The number of furan rings is 1. The van der Waals surface area contributed by atoms with Gasteiger partial charge in [0.1, 0.15) is 5.76 Å². The summed E-state index contributed by atoms with van der Waals surface area (Å²) < 4.78 is 5.10. The van der Waals surface area contributed by atoms with Crippen molar-refractivity contribution in [3.8, 4) is 0 Å². The van der Waals surface area contributed by atoms with Gasteiger partial charge in [-0.25, -0.2) is 4.79 Å². The van der Waals surface area contributed by atoms with Crippen molar-refractivity contribution in [2.45, 2.75) is 51.7 Å². The molecule has 0 unspecified atom stereocenters. The maximum atomic E-state index is 12.0. The first-order valence-electron chi connectivity index (χ1n) is 7.81. The van der Waals surface area contributed by atoms with Crippen LogP contribution in [0.2, 0.25) is 0 Å². The molecular weight excluding hydrogens is 316 g/mol. The quantitative estimate of drug-likeness (QED) is 0.696. The lowest BCUT2D eigenvalue weighted by atomic mass is 9.97. The third kappa shape index (κ3) is 6.04. The number of rotatable bonds is 5. The van der Waals surface area contributed by atoms with Crippen molar-refractivity contribution >= 4 is 18.3 Å². The second-order valence-corrected chi connectivity index (χ2v) is 5.75. The molecule has 1 amide bonds. The molecule has 0 aliphatic carbocycles. The van der Waals surface area contributed by atoms with E-state index in [4.69, 9.17) is 19.4 Å². The Bertz CT molecular complexity index is 547. The monoisotopic (exact) mass is 340 g/mol. The van der Waals surface area contributed by atoms with Crippen molar-refractivity contribution < 1.29 is 29.0 Å². The molecule has 2 rings (SSSR count). The van der Waals surface area contributed by atoms with Crippen LogP contribution in [0.15, 0.2) is 16.5 Å². The summed E-state index contributed by atoms with van der Waals surface area (Å²) in [6, 6.07) is 3.79. The summed E-state index contributed by atoms with van der Waals surface area (Å²) in [5, 5.41) is 18.4. The van der Waals surface area contributed by atoms with E-state index in [1.54, 1.807) is 6.07 Å². The number of nitrogens with one attached hydrogen (secondary N) is 1. The number of carboxylic acid groups (broad SMARTS) is 2. The molecule has 1 aliphatic heterocycles. The van der Waals surface area contributed by atoms with Gasteiger partial charge in [0.15, 0.2) is 0 Å². The first kappa shape index (κ1) is 19.7. The van der Waals surface area contributed by atoms with Gasteiger partial charge >= 0.3 is 5.97 Å². The van der Waals surface area contributed by atoms with Gasteiger partial charge in [0, 0.05) is 12.1 Å². The molecule has 2 heterocycles. The van der Waals surface area contributed by atoms with Crippen LogP contribution in [0.25, 0.3) is 0 Å². The van der Waals surface area contributed by atoms with E-state index in [0.29, 0.717) is 24.4 Å². The predicted octanol–water partition coefficient (Wildman–Crippen LogP) is 1.56. The van der Waals surface area contributed by atoms with E-state index in [9.17, 15) is 9.59 Å². The highest BCUT2D eigenvalue weighted by Crippen LogP contribution is 2.21. The summed E-state index contributed by atoms with van der Waals surface area (Å²) in [5.74, 6) is -0.842. The SMILES string of the molecule is C[C@@H]1CCC[C@H](C)N1CC(=O)NCc1ccc(C(=O)O)o1.O=CO. The van der Waals surface area contributed by atoms with Gasteiger partial charge in [-0.15, -0.1) is 0 Å². The van der Waals surface area contributed by atoms with Crippen LogP contribution in [0.4, 0.5) is 0 Å². The Balaban J connectivity index is 0.000000891. The lowest BCUT2D eigenvalue weighted by Crippen LogP contribution is -2.48. The molecule has 1 aromatic heterocycles. The number of hydrogen-bond acceptors (Lipinski definition) is 5. The summed E-state index contributed by atoms with van der Waals surface area (Å²) in [7, 11) is 0. The second kappa shape index (κ2) is 9.71. The fourth-order valence-corrected chi connectivity index (χ4v) is 2.78. The first-order valence-corrected chi connectivity index (χ1v) is 7.81. The smallest absolute Gasteiger partial charge is 0.371 e. The number of amides is 1. The highest BCUT2D eigenvalue weighted by atomic mass is 16.4. The van der Waals surface area contributed by atoms with Crippen LogP contribution in [0.1, 0.15) is 49.4 Å². The van der Waals surface area contributed by atoms with Crippen molar-refractivity contribution in [1.82, 2.24) is 10.2 Å².